The van der Waals surface area contributed by atoms with Crippen molar-refractivity contribution >= 4 is 17.3 Å². The Morgan fingerprint density at radius 1 is 1.44 bits per heavy atom. The van der Waals surface area contributed by atoms with Gasteiger partial charge in [-0.3, -0.25) is 0 Å². The second kappa shape index (κ2) is 5.84. The molecule has 0 atom stereocenters. The summed E-state index contributed by atoms with van der Waals surface area (Å²) in [5.41, 5.74) is 0. The molecule has 1 fully saturated rings. The molecule has 1 aliphatic rings. The minimum Gasteiger partial charge on any atom is -0.360 e. The third-order valence-electron chi connectivity index (χ3n) is 2.85. The predicted octanol–water partition coefficient (Wildman–Crippen LogP) is 1.97. The summed E-state index contributed by atoms with van der Waals surface area (Å²) < 4.78 is 4.97. The van der Waals surface area contributed by atoms with E-state index in [0.29, 0.717) is 17.7 Å². The first-order valence-corrected chi connectivity index (χ1v) is 6.19. The van der Waals surface area contributed by atoms with Gasteiger partial charge in [0.15, 0.2) is 10.9 Å². The van der Waals surface area contributed by atoms with Gasteiger partial charge >= 0.3 is 0 Å². The molecule has 0 bridgehead atoms. The highest BCUT2D eigenvalue weighted by Gasteiger charge is 2.13. The maximum absolute atomic E-state index is 5.22. The molecule has 88 valence electrons. The van der Waals surface area contributed by atoms with Crippen molar-refractivity contribution in [3.63, 3.8) is 0 Å². The highest BCUT2D eigenvalue weighted by Crippen LogP contribution is 2.17. The van der Waals surface area contributed by atoms with Crippen LogP contribution in [0.1, 0.15) is 37.9 Å². The Hall–Kier alpha value is -1.10. The van der Waals surface area contributed by atoms with Crippen LogP contribution in [0.25, 0.3) is 0 Å². The summed E-state index contributed by atoms with van der Waals surface area (Å²) in [4.78, 5) is 0. The second-order valence-corrected chi connectivity index (χ2v) is 4.55. The van der Waals surface area contributed by atoms with Gasteiger partial charge in [-0.25, -0.2) is 0 Å². The molecule has 1 heterocycles. The lowest BCUT2D eigenvalue weighted by atomic mass is 9.96. The van der Waals surface area contributed by atoms with Gasteiger partial charge in [-0.05, 0) is 25.1 Å². The van der Waals surface area contributed by atoms with Crippen LogP contribution in [0.15, 0.2) is 16.8 Å². The molecule has 0 saturated heterocycles. The van der Waals surface area contributed by atoms with E-state index in [-0.39, 0.29) is 0 Å². The van der Waals surface area contributed by atoms with Gasteiger partial charge in [-0.15, -0.1) is 0 Å². The quantitative estimate of drug-likeness (QED) is 0.790. The van der Waals surface area contributed by atoms with Gasteiger partial charge in [0.1, 0.15) is 0 Å². The van der Waals surface area contributed by atoms with Crippen molar-refractivity contribution in [2.75, 3.05) is 0 Å². The van der Waals surface area contributed by atoms with Crippen molar-refractivity contribution in [3.8, 4) is 0 Å². The fourth-order valence-electron chi connectivity index (χ4n) is 1.98. The van der Waals surface area contributed by atoms with E-state index < -0.39 is 0 Å². The Labute approximate surface area is 101 Å². The van der Waals surface area contributed by atoms with E-state index in [2.05, 4.69) is 15.8 Å². The van der Waals surface area contributed by atoms with E-state index in [1.165, 1.54) is 32.1 Å². The van der Waals surface area contributed by atoms with Crippen LogP contribution >= 0.6 is 12.2 Å². The van der Waals surface area contributed by atoms with Gasteiger partial charge in [0, 0.05) is 12.1 Å². The molecule has 0 spiro atoms. The molecule has 0 radical (unpaired) electrons. The molecule has 2 rings (SSSR count). The number of rotatable bonds is 3. The first kappa shape index (κ1) is 11.4. The molecule has 0 aliphatic heterocycles. The number of aromatic nitrogens is 1. The molecule has 16 heavy (non-hydrogen) atoms. The first-order chi connectivity index (χ1) is 7.84. The Morgan fingerprint density at radius 3 is 2.94 bits per heavy atom. The normalized spacial score (nSPS) is 17.0. The number of nitrogens with zero attached hydrogens (tertiary/aromatic N) is 1. The van der Waals surface area contributed by atoms with Crippen molar-refractivity contribution < 1.29 is 4.52 Å². The van der Waals surface area contributed by atoms with Crippen LogP contribution in [0.5, 0.6) is 0 Å². The standard InChI is InChI=1S/C11H17N3OS/c16-11(12-8-10-6-7-13-15-10)14-9-4-2-1-3-5-9/h6-7,9H,1-5,8H2,(H2,12,14,16). The van der Waals surface area contributed by atoms with Crippen molar-refractivity contribution in [2.45, 2.75) is 44.7 Å². The third-order valence-corrected chi connectivity index (χ3v) is 3.12. The zero-order valence-electron chi connectivity index (χ0n) is 9.24. The largest absolute Gasteiger partial charge is 0.360 e. The van der Waals surface area contributed by atoms with Crippen LogP contribution in [0, 0.1) is 0 Å². The smallest absolute Gasteiger partial charge is 0.166 e. The number of hydrogen-bond donors (Lipinski definition) is 2. The van der Waals surface area contributed by atoms with E-state index in [9.17, 15) is 0 Å². The Balaban J connectivity index is 1.67. The molecule has 2 N–H and O–H groups in total. The molecule has 1 saturated carbocycles. The van der Waals surface area contributed by atoms with Gasteiger partial charge in [0.25, 0.3) is 0 Å². The minimum absolute atomic E-state index is 0.545. The Kier molecular flexibility index (Phi) is 4.16. The minimum atomic E-state index is 0.545. The van der Waals surface area contributed by atoms with Crippen LogP contribution in [-0.2, 0) is 6.54 Å². The van der Waals surface area contributed by atoms with Crippen molar-refractivity contribution in [2.24, 2.45) is 0 Å². The zero-order valence-corrected chi connectivity index (χ0v) is 10.1. The molecule has 5 heteroatoms. The van der Waals surface area contributed by atoms with E-state index >= 15 is 0 Å². The summed E-state index contributed by atoms with van der Waals surface area (Å²) in [6, 6.07) is 2.37. The molecule has 0 amide bonds. The third kappa shape index (κ3) is 3.48. The molecule has 1 aliphatic carbocycles. The monoisotopic (exact) mass is 239 g/mol. The van der Waals surface area contributed by atoms with E-state index in [1.807, 2.05) is 6.07 Å². The van der Waals surface area contributed by atoms with Crippen LogP contribution in [-0.4, -0.2) is 16.3 Å². The maximum atomic E-state index is 5.22. The van der Waals surface area contributed by atoms with Crippen LogP contribution < -0.4 is 10.6 Å². The van der Waals surface area contributed by atoms with E-state index in [1.54, 1.807) is 6.20 Å². The van der Waals surface area contributed by atoms with Crippen LogP contribution in [0.4, 0.5) is 0 Å². The Bertz CT molecular complexity index is 320. The highest BCUT2D eigenvalue weighted by molar-refractivity contribution is 7.80. The van der Waals surface area contributed by atoms with Gasteiger partial charge in [-0.2, -0.15) is 0 Å². The predicted molar refractivity (Wildman–Crippen MR) is 65.9 cm³/mol. The average Bonchev–Trinajstić information content (AvgIpc) is 2.81. The maximum Gasteiger partial charge on any atom is 0.166 e. The van der Waals surface area contributed by atoms with E-state index in [0.717, 1.165) is 5.76 Å². The number of thiocarbonyl (C=S) groups is 1. The summed E-state index contributed by atoms with van der Waals surface area (Å²) in [6.45, 7) is 0.596. The summed E-state index contributed by atoms with van der Waals surface area (Å²) in [5.74, 6) is 0.799. The summed E-state index contributed by atoms with van der Waals surface area (Å²) in [5, 5.41) is 10.8. The molecule has 0 aromatic carbocycles. The average molecular weight is 239 g/mol. The SMILES string of the molecule is S=C(NCc1ccno1)NC1CCCCC1. The lowest BCUT2D eigenvalue weighted by Gasteiger charge is -2.24. The fourth-order valence-corrected chi connectivity index (χ4v) is 2.22. The van der Waals surface area contributed by atoms with Gasteiger partial charge < -0.3 is 15.2 Å². The topological polar surface area (TPSA) is 50.1 Å². The van der Waals surface area contributed by atoms with Gasteiger partial charge in [0.2, 0.25) is 0 Å². The van der Waals surface area contributed by atoms with Crippen molar-refractivity contribution in [3.05, 3.63) is 18.0 Å². The summed E-state index contributed by atoms with van der Waals surface area (Å²) in [6.07, 6.45) is 8.06. The number of hydrogen-bond acceptors (Lipinski definition) is 3. The zero-order chi connectivity index (χ0) is 11.2. The molecular weight excluding hydrogens is 222 g/mol. The van der Waals surface area contributed by atoms with Gasteiger partial charge in [-0.1, -0.05) is 24.4 Å². The number of nitrogens with one attached hydrogen (secondary N) is 2. The van der Waals surface area contributed by atoms with Crippen molar-refractivity contribution in [1.29, 1.82) is 0 Å². The molecule has 4 nitrogen and oxygen atoms in total. The summed E-state index contributed by atoms with van der Waals surface area (Å²) >= 11 is 5.22. The highest BCUT2D eigenvalue weighted by atomic mass is 32.1. The van der Waals surface area contributed by atoms with E-state index in [4.69, 9.17) is 16.7 Å². The van der Waals surface area contributed by atoms with Gasteiger partial charge in [0.05, 0.1) is 12.7 Å². The fraction of sp³-hybridized carbons (Fsp3) is 0.636. The lowest BCUT2D eigenvalue weighted by molar-refractivity contribution is 0.378. The Morgan fingerprint density at radius 2 is 2.25 bits per heavy atom. The van der Waals surface area contributed by atoms with Crippen LogP contribution in [0.3, 0.4) is 0 Å². The molecule has 1 aromatic heterocycles. The lowest BCUT2D eigenvalue weighted by Crippen LogP contribution is -2.42. The molecule has 1 aromatic rings. The van der Waals surface area contributed by atoms with Crippen molar-refractivity contribution in [1.82, 2.24) is 15.8 Å². The molecular formula is C11H17N3OS. The first-order valence-electron chi connectivity index (χ1n) is 5.78. The van der Waals surface area contributed by atoms with Crippen LogP contribution in [0.2, 0.25) is 0 Å². The summed E-state index contributed by atoms with van der Waals surface area (Å²) in [7, 11) is 0. The molecule has 0 unspecified atom stereocenters. The second-order valence-electron chi connectivity index (χ2n) is 4.14.